The fraction of sp³-hybridized carbons (Fsp3) is 0.333. The van der Waals surface area contributed by atoms with Gasteiger partial charge in [0, 0.05) is 18.5 Å². The molecule has 3 aromatic rings. The average Bonchev–Trinajstić information content (AvgIpc) is 3.18. The Morgan fingerprint density at radius 3 is 2.76 bits per heavy atom. The van der Waals surface area contributed by atoms with Crippen molar-refractivity contribution in [3.05, 3.63) is 48.8 Å². The number of hydrogen-bond acceptors (Lipinski definition) is 6. The topological polar surface area (TPSA) is 88.8 Å². The average molecular weight is 336 g/mol. The van der Waals surface area contributed by atoms with Crippen LogP contribution in [0.25, 0.3) is 17.1 Å². The van der Waals surface area contributed by atoms with Crippen LogP contribution in [0.2, 0.25) is 0 Å². The van der Waals surface area contributed by atoms with E-state index in [4.69, 9.17) is 0 Å². The Kier molecular flexibility index (Phi) is 4.39. The van der Waals surface area contributed by atoms with Crippen LogP contribution in [0.15, 0.2) is 43.1 Å². The maximum absolute atomic E-state index is 10.3. The molecule has 0 spiro atoms. The Morgan fingerprint density at radius 2 is 2.08 bits per heavy atom. The number of phenols is 1. The third-order valence-electron chi connectivity index (χ3n) is 4.59. The first-order valence-corrected chi connectivity index (χ1v) is 8.50. The van der Waals surface area contributed by atoms with Crippen LogP contribution in [0.1, 0.15) is 18.5 Å². The summed E-state index contributed by atoms with van der Waals surface area (Å²) in [5.41, 5.74) is 2.31. The van der Waals surface area contributed by atoms with Gasteiger partial charge in [0.1, 0.15) is 5.75 Å². The van der Waals surface area contributed by atoms with E-state index in [1.807, 2.05) is 16.8 Å². The van der Waals surface area contributed by atoms with Crippen molar-refractivity contribution in [2.75, 3.05) is 13.1 Å². The maximum atomic E-state index is 10.3. The molecule has 25 heavy (non-hydrogen) atoms. The number of nitrogens with one attached hydrogen (secondary N) is 1. The molecule has 4 rings (SSSR count). The molecule has 1 aromatic carbocycles. The van der Waals surface area contributed by atoms with Crippen LogP contribution in [-0.2, 0) is 6.42 Å². The summed E-state index contributed by atoms with van der Waals surface area (Å²) in [4.78, 5) is 8.41. The van der Waals surface area contributed by atoms with E-state index in [0.717, 1.165) is 30.9 Å². The summed E-state index contributed by atoms with van der Waals surface area (Å²) in [6.07, 6.45) is 10.2. The van der Waals surface area contributed by atoms with Gasteiger partial charge in [0.25, 0.3) is 0 Å². The molecule has 0 bridgehead atoms. The van der Waals surface area contributed by atoms with Gasteiger partial charge in [-0.3, -0.25) is 0 Å². The highest BCUT2D eigenvalue weighted by Gasteiger charge is 2.15. The smallest absolute Gasteiger partial charge is 0.185 e. The first-order chi connectivity index (χ1) is 12.3. The Labute approximate surface area is 145 Å². The fourth-order valence-corrected chi connectivity index (χ4v) is 3.18. The molecule has 0 atom stereocenters. The quantitative estimate of drug-likeness (QED) is 0.757. The summed E-state index contributed by atoms with van der Waals surface area (Å²) in [6, 6.07) is 5.36. The van der Waals surface area contributed by atoms with Gasteiger partial charge in [-0.2, -0.15) is 5.10 Å². The molecule has 1 fully saturated rings. The molecular formula is C18H20N6O. The van der Waals surface area contributed by atoms with Crippen LogP contribution in [0.4, 0.5) is 0 Å². The van der Waals surface area contributed by atoms with Crippen molar-refractivity contribution in [3.63, 3.8) is 0 Å². The van der Waals surface area contributed by atoms with Crippen molar-refractivity contribution in [3.8, 4) is 22.8 Å². The molecular weight excluding hydrogens is 316 g/mol. The van der Waals surface area contributed by atoms with Crippen LogP contribution < -0.4 is 5.32 Å². The zero-order valence-electron chi connectivity index (χ0n) is 13.8. The summed E-state index contributed by atoms with van der Waals surface area (Å²) in [6.45, 7) is 2.14. The van der Waals surface area contributed by atoms with Gasteiger partial charge in [-0.05, 0) is 50.4 Å². The molecule has 0 aliphatic carbocycles. The predicted molar refractivity (Wildman–Crippen MR) is 93.3 cm³/mol. The van der Waals surface area contributed by atoms with Crippen LogP contribution in [-0.4, -0.2) is 42.9 Å². The molecule has 3 heterocycles. The van der Waals surface area contributed by atoms with Gasteiger partial charge in [-0.15, -0.1) is 5.10 Å². The van der Waals surface area contributed by atoms with E-state index in [-0.39, 0.29) is 5.75 Å². The minimum absolute atomic E-state index is 0.124. The zero-order valence-corrected chi connectivity index (χ0v) is 13.8. The Bertz CT molecular complexity index is 825. The minimum atomic E-state index is 0.124. The van der Waals surface area contributed by atoms with Crippen molar-refractivity contribution < 1.29 is 5.11 Å². The van der Waals surface area contributed by atoms with Crippen LogP contribution >= 0.6 is 0 Å². The van der Waals surface area contributed by atoms with Crippen LogP contribution in [0.5, 0.6) is 5.75 Å². The number of rotatable bonds is 4. The lowest BCUT2D eigenvalue weighted by molar-refractivity contribution is 0.369. The molecule has 0 unspecified atom stereocenters. The predicted octanol–water partition coefficient (Wildman–Crippen LogP) is 1.97. The lowest BCUT2D eigenvalue weighted by Gasteiger charge is -2.21. The first-order valence-electron chi connectivity index (χ1n) is 8.50. The SMILES string of the molecule is Oc1cc(-n2ccnc2)ccc1-c1ncc(CC2CCNCC2)nn1. The maximum Gasteiger partial charge on any atom is 0.185 e. The highest BCUT2D eigenvalue weighted by Crippen LogP contribution is 2.28. The monoisotopic (exact) mass is 336 g/mol. The number of aromatic nitrogens is 5. The summed E-state index contributed by atoms with van der Waals surface area (Å²) in [5.74, 6) is 1.20. The van der Waals surface area contributed by atoms with Gasteiger partial charge in [0.05, 0.1) is 29.5 Å². The molecule has 2 aromatic heterocycles. The second-order valence-electron chi connectivity index (χ2n) is 6.34. The zero-order chi connectivity index (χ0) is 17.1. The molecule has 128 valence electrons. The molecule has 1 aliphatic rings. The van der Waals surface area contributed by atoms with E-state index >= 15 is 0 Å². The van der Waals surface area contributed by atoms with Crippen molar-refractivity contribution in [2.45, 2.75) is 19.3 Å². The number of benzene rings is 1. The number of phenolic OH excluding ortho intramolecular Hbond substituents is 1. The number of hydrogen-bond donors (Lipinski definition) is 2. The number of imidazole rings is 1. The van der Waals surface area contributed by atoms with Gasteiger partial charge in [0.15, 0.2) is 5.82 Å². The highest BCUT2D eigenvalue weighted by molar-refractivity contribution is 5.65. The first kappa shape index (κ1) is 15.7. The normalized spacial score (nSPS) is 15.4. The highest BCUT2D eigenvalue weighted by atomic mass is 16.3. The van der Waals surface area contributed by atoms with Gasteiger partial charge >= 0.3 is 0 Å². The van der Waals surface area contributed by atoms with Crippen molar-refractivity contribution >= 4 is 0 Å². The van der Waals surface area contributed by atoms with Gasteiger partial charge in [-0.25, -0.2) is 9.97 Å². The molecule has 1 saturated heterocycles. The molecule has 7 heteroatoms. The van der Waals surface area contributed by atoms with E-state index in [1.165, 1.54) is 12.8 Å². The van der Waals surface area contributed by atoms with E-state index in [0.29, 0.717) is 17.3 Å². The minimum Gasteiger partial charge on any atom is -0.507 e. The summed E-state index contributed by atoms with van der Waals surface area (Å²) >= 11 is 0. The van der Waals surface area contributed by atoms with E-state index in [1.54, 1.807) is 30.9 Å². The number of nitrogens with zero attached hydrogens (tertiary/aromatic N) is 5. The van der Waals surface area contributed by atoms with Crippen LogP contribution in [0.3, 0.4) is 0 Å². The van der Waals surface area contributed by atoms with Gasteiger partial charge in [0.2, 0.25) is 0 Å². The summed E-state index contributed by atoms with van der Waals surface area (Å²) < 4.78 is 1.82. The fourth-order valence-electron chi connectivity index (χ4n) is 3.18. The molecule has 0 amide bonds. The largest absolute Gasteiger partial charge is 0.507 e. The molecule has 1 aliphatic heterocycles. The Hall–Kier alpha value is -2.80. The standard InChI is InChI=1S/C18H20N6O/c25-17-10-15(24-8-7-20-12-24)1-2-16(17)18-21-11-14(22-23-18)9-13-3-5-19-6-4-13/h1-2,7-8,10-13,19,25H,3-6,9H2. The number of aromatic hydroxyl groups is 1. The Balaban J connectivity index is 1.51. The lowest BCUT2D eigenvalue weighted by atomic mass is 9.93. The molecule has 0 saturated carbocycles. The third kappa shape index (κ3) is 3.51. The second kappa shape index (κ2) is 6.98. The van der Waals surface area contributed by atoms with E-state index in [2.05, 4.69) is 25.5 Å². The summed E-state index contributed by atoms with van der Waals surface area (Å²) in [7, 11) is 0. The lowest BCUT2D eigenvalue weighted by Crippen LogP contribution is -2.28. The third-order valence-corrected chi connectivity index (χ3v) is 4.59. The van der Waals surface area contributed by atoms with E-state index in [9.17, 15) is 5.11 Å². The second-order valence-corrected chi connectivity index (χ2v) is 6.34. The van der Waals surface area contributed by atoms with Gasteiger partial charge < -0.3 is 15.0 Å². The van der Waals surface area contributed by atoms with Crippen molar-refractivity contribution in [2.24, 2.45) is 5.92 Å². The Morgan fingerprint density at radius 1 is 1.20 bits per heavy atom. The summed E-state index contributed by atoms with van der Waals surface area (Å²) in [5, 5.41) is 22.2. The van der Waals surface area contributed by atoms with Gasteiger partial charge in [-0.1, -0.05) is 0 Å². The van der Waals surface area contributed by atoms with Crippen LogP contribution in [0, 0.1) is 5.92 Å². The molecule has 7 nitrogen and oxygen atoms in total. The molecule has 2 N–H and O–H groups in total. The van der Waals surface area contributed by atoms with Crippen molar-refractivity contribution in [1.29, 1.82) is 0 Å². The van der Waals surface area contributed by atoms with E-state index < -0.39 is 0 Å². The molecule has 0 radical (unpaired) electrons. The number of piperidine rings is 1. The van der Waals surface area contributed by atoms with Crippen molar-refractivity contribution in [1.82, 2.24) is 30.0 Å².